The van der Waals surface area contributed by atoms with E-state index >= 15 is 0 Å². The molecule has 0 saturated carbocycles. The number of rotatable bonds is 0. The summed E-state index contributed by atoms with van der Waals surface area (Å²) in [5.41, 5.74) is -1.81. The molecule has 0 bridgehead atoms. The fraction of sp³-hybridized carbons (Fsp3) is 0.800. The first-order valence-electron chi connectivity index (χ1n) is 2.17. The first-order chi connectivity index (χ1) is 3.25. The molecule has 0 aromatic heterocycles. The molecule has 0 aliphatic carbocycles. The molecule has 0 aromatic carbocycles. The van der Waals surface area contributed by atoms with Crippen molar-refractivity contribution in [1.82, 2.24) is 0 Å². The second-order valence-electron chi connectivity index (χ2n) is 2.38. The normalized spacial score (nSPS) is 11.4. The van der Waals surface area contributed by atoms with Crippen molar-refractivity contribution < 1.29 is 49.6 Å². The Morgan fingerprint density at radius 3 is 1.20 bits per heavy atom. The van der Waals surface area contributed by atoms with Crippen LogP contribution in [-0.4, -0.2) is 6.18 Å². The van der Waals surface area contributed by atoms with Gasteiger partial charge in [-0.2, -0.15) is 13.2 Å². The van der Waals surface area contributed by atoms with Crippen LogP contribution in [0, 0.1) is 12.3 Å². The van der Waals surface area contributed by atoms with Gasteiger partial charge in [-0.05, 0) is 0 Å². The molecule has 0 nitrogen and oxygen atoms in total. The zero-order valence-electron chi connectivity index (χ0n) is 5.93. The Bertz CT molecular complexity index is 71.9. The number of halogens is 4. The van der Waals surface area contributed by atoms with Gasteiger partial charge in [0.25, 0.3) is 0 Å². The molecule has 0 atom stereocenters. The molecule has 58 valence electrons. The van der Waals surface area contributed by atoms with E-state index in [0.29, 0.717) is 0 Å². The summed E-state index contributed by atoms with van der Waals surface area (Å²) < 4.78 is 34.5. The maximum atomic E-state index is 11.5. The molecule has 10 heavy (non-hydrogen) atoms. The third-order valence-electron chi connectivity index (χ3n) is 0.767. The monoisotopic (exact) mass is 268 g/mol. The van der Waals surface area contributed by atoms with Crippen LogP contribution in [0.5, 0.6) is 0 Å². The average molecular weight is 270 g/mol. The Kier molecular flexibility index (Phi) is 8.06. The van der Waals surface area contributed by atoms with Crippen molar-refractivity contribution in [1.29, 1.82) is 0 Å². The molecule has 0 amide bonds. The van der Waals surface area contributed by atoms with Crippen LogP contribution in [0.1, 0.15) is 13.8 Å². The van der Waals surface area contributed by atoms with Crippen LogP contribution in [-0.2, 0) is 19.5 Å². The topological polar surface area (TPSA) is 0 Å². The van der Waals surface area contributed by atoms with Gasteiger partial charge in [0, 0.05) is 0 Å². The van der Waals surface area contributed by atoms with Gasteiger partial charge < -0.3 is 23.9 Å². The van der Waals surface area contributed by atoms with Gasteiger partial charge in [0.15, 0.2) is 0 Å². The summed E-state index contributed by atoms with van der Waals surface area (Å²) in [6.07, 6.45) is -4.17. The summed E-state index contributed by atoms with van der Waals surface area (Å²) in [5.74, 6) is 0. The Hall–Kier alpha value is 0.893. The minimum atomic E-state index is -4.17. The van der Waals surface area contributed by atoms with Crippen molar-refractivity contribution in [3.63, 3.8) is 0 Å². The second-order valence-corrected chi connectivity index (χ2v) is 2.38. The summed E-state index contributed by atoms with van der Waals surface area (Å²) in [5, 5.41) is 0. The van der Waals surface area contributed by atoms with E-state index in [-0.39, 0.29) is 36.5 Å². The zero-order valence-corrected chi connectivity index (χ0v) is 10.5. The fourth-order valence-corrected chi connectivity index (χ4v) is 0. The minimum absolute atomic E-state index is 0. The SMILES string of the molecule is [Br-].[CH2-]C(C)(C)C(F)(F)F.[Zn+2]. The van der Waals surface area contributed by atoms with Gasteiger partial charge in [0.2, 0.25) is 0 Å². The van der Waals surface area contributed by atoms with Crippen molar-refractivity contribution in [3.05, 3.63) is 6.92 Å². The van der Waals surface area contributed by atoms with Crippen LogP contribution in [0.4, 0.5) is 13.2 Å². The van der Waals surface area contributed by atoms with E-state index in [2.05, 4.69) is 6.92 Å². The van der Waals surface area contributed by atoms with Crippen molar-refractivity contribution in [2.24, 2.45) is 5.41 Å². The molecule has 0 fully saturated rings. The molecule has 0 N–H and O–H groups in total. The van der Waals surface area contributed by atoms with E-state index in [9.17, 15) is 13.2 Å². The van der Waals surface area contributed by atoms with E-state index in [4.69, 9.17) is 0 Å². The summed E-state index contributed by atoms with van der Waals surface area (Å²) >= 11 is 0. The van der Waals surface area contributed by atoms with Crippen LogP contribution >= 0.6 is 0 Å². The number of hydrogen-bond donors (Lipinski definition) is 0. The van der Waals surface area contributed by atoms with Crippen molar-refractivity contribution in [3.8, 4) is 0 Å². The van der Waals surface area contributed by atoms with Crippen molar-refractivity contribution in [2.75, 3.05) is 0 Å². The molecule has 0 aromatic rings. The third-order valence-corrected chi connectivity index (χ3v) is 0.767. The average Bonchev–Trinajstić information content (AvgIpc) is 1.25. The quantitative estimate of drug-likeness (QED) is 0.408. The largest absolute Gasteiger partial charge is 2.00 e. The van der Waals surface area contributed by atoms with Gasteiger partial charge in [-0.25, -0.2) is 0 Å². The molecule has 0 heterocycles. The summed E-state index contributed by atoms with van der Waals surface area (Å²) in [4.78, 5) is 0. The minimum Gasteiger partial charge on any atom is -1.00 e. The zero-order chi connectivity index (χ0) is 7.00. The van der Waals surface area contributed by atoms with E-state index in [1.165, 1.54) is 0 Å². The molecular formula is C5H8BrF3Zn. The molecule has 0 radical (unpaired) electrons. The Labute approximate surface area is 82.1 Å². The van der Waals surface area contributed by atoms with Crippen molar-refractivity contribution in [2.45, 2.75) is 20.0 Å². The van der Waals surface area contributed by atoms with Crippen LogP contribution in [0.3, 0.4) is 0 Å². The standard InChI is InChI=1S/C5H8F3.BrH.Zn/c1-4(2,3)5(6,7)8;;/h1H2,2-3H3;1H;/q-1;;+2/p-1. The smallest absolute Gasteiger partial charge is 1.00 e. The predicted molar refractivity (Wildman–Crippen MR) is 25.2 cm³/mol. The summed E-state index contributed by atoms with van der Waals surface area (Å²) in [6.45, 7) is 4.99. The molecule has 5 heteroatoms. The maximum Gasteiger partial charge on any atom is 2.00 e. The van der Waals surface area contributed by atoms with E-state index < -0.39 is 11.6 Å². The van der Waals surface area contributed by atoms with Gasteiger partial charge in [-0.1, -0.05) is 19.3 Å². The first-order valence-corrected chi connectivity index (χ1v) is 2.17. The molecular weight excluding hydrogens is 262 g/mol. The van der Waals surface area contributed by atoms with Crippen LogP contribution in [0.15, 0.2) is 0 Å². The Balaban J connectivity index is -0.000000245. The van der Waals surface area contributed by atoms with E-state index in [0.717, 1.165) is 13.8 Å². The molecule has 0 unspecified atom stereocenters. The van der Waals surface area contributed by atoms with E-state index in [1.54, 1.807) is 0 Å². The van der Waals surface area contributed by atoms with Gasteiger partial charge in [0.1, 0.15) is 0 Å². The Morgan fingerprint density at radius 2 is 1.20 bits per heavy atom. The fourth-order valence-electron chi connectivity index (χ4n) is 0. The van der Waals surface area contributed by atoms with Crippen LogP contribution in [0.2, 0.25) is 0 Å². The first kappa shape index (κ1) is 17.1. The molecule has 0 spiro atoms. The molecule has 0 aliphatic rings. The van der Waals surface area contributed by atoms with Crippen molar-refractivity contribution >= 4 is 0 Å². The van der Waals surface area contributed by atoms with Crippen LogP contribution in [0.25, 0.3) is 0 Å². The second kappa shape index (κ2) is 4.71. The summed E-state index contributed by atoms with van der Waals surface area (Å²) in [6, 6.07) is 0. The van der Waals surface area contributed by atoms with Crippen LogP contribution < -0.4 is 17.0 Å². The van der Waals surface area contributed by atoms with Gasteiger partial charge in [-0.3, -0.25) is 0 Å². The van der Waals surface area contributed by atoms with Gasteiger partial charge >= 0.3 is 25.7 Å². The van der Waals surface area contributed by atoms with Gasteiger partial charge in [0.05, 0.1) is 0 Å². The number of hydrogen-bond acceptors (Lipinski definition) is 0. The Morgan fingerprint density at radius 1 is 1.10 bits per heavy atom. The molecule has 0 saturated heterocycles. The van der Waals surface area contributed by atoms with E-state index in [1.807, 2.05) is 0 Å². The predicted octanol–water partition coefficient (Wildman–Crippen LogP) is -0.590. The molecule has 0 aliphatic heterocycles. The number of alkyl halides is 3. The summed E-state index contributed by atoms with van der Waals surface area (Å²) in [7, 11) is 0. The maximum absolute atomic E-state index is 11.5. The third kappa shape index (κ3) is 5.66. The molecule has 0 rings (SSSR count). The van der Waals surface area contributed by atoms with Gasteiger partial charge in [-0.15, -0.1) is 0 Å².